The fourth-order valence-electron chi connectivity index (χ4n) is 4.49. The molecule has 0 amide bonds. The van der Waals surface area contributed by atoms with Crippen molar-refractivity contribution < 1.29 is 4.79 Å². The molecule has 0 N–H and O–H groups in total. The van der Waals surface area contributed by atoms with Gasteiger partial charge in [-0.15, -0.1) is 0 Å². The molecule has 0 spiro atoms. The Balaban J connectivity index is 1.75. The molecule has 0 bridgehead atoms. The Labute approximate surface area is 165 Å². The molecule has 27 heavy (non-hydrogen) atoms. The van der Waals surface area contributed by atoms with E-state index in [-0.39, 0.29) is 11.8 Å². The monoisotopic (exact) mass is 362 g/mol. The van der Waals surface area contributed by atoms with Crippen LogP contribution in [0.15, 0.2) is 60.7 Å². The van der Waals surface area contributed by atoms with E-state index in [4.69, 9.17) is 0 Å². The van der Waals surface area contributed by atoms with E-state index in [2.05, 4.69) is 60.7 Å². The maximum atomic E-state index is 13.6. The van der Waals surface area contributed by atoms with Crippen LogP contribution < -0.4 is 0 Å². The second kappa shape index (κ2) is 11.1. The molecule has 1 aliphatic carbocycles. The van der Waals surface area contributed by atoms with Gasteiger partial charge >= 0.3 is 0 Å². The number of hydrogen-bond acceptors (Lipinski definition) is 1. The first-order valence-electron chi connectivity index (χ1n) is 10.9. The summed E-state index contributed by atoms with van der Waals surface area (Å²) in [7, 11) is 0. The van der Waals surface area contributed by atoms with E-state index < -0.39 is 0 Å². The van der Waals surface area contributed by atoms with Crippen molar-refractivity contribution in [3.8, 4) is 0 Å². The summed E-state index contributed by atoms with van der Waals surface area (Å²) in [4.78, 5) is 13.6. The summed E-state index contributed by atoms with van der Waals surface area (Å²) >= 11 is 0. The molecule has 1 fully saturated rings. The first kappa shape index (κ1) is 19.9. The molecule has 144 valence electrons. The normalized spacial score (nSPS) is 22.6. The topological polar surface area (TPSA) is 17.1 Å². The molecule has 2 unspecified atom stereocenters. The molecule has 0 aliphatic heterocycles. The fraction of sp³-hybridized carbons (Fsp3) is 0.500. The Morgan fingerprint density at radius 3 is 1.33 bits per heavy atom. The van der Waals surface area contributed by atoms with Crippen LogP contribution in [0.2, 0.25) is 0 Å². The van der Waals surface area contributed by atoms with Crippen molar-refractivity contribution in [3.63, 3.8) is 0 Å². The summed E-state index contributed by atoms with van der Waals surface area (Å²) in [6.07, 6.45) is 12.9. The van der Waals surface area contributed by atoms with Crippen molar-refractivity contribution in [2.24, 2.45) is 11.8 Å². The second-order valence-corrected chi connectivity index (χ2v) is 8.23. The maximum Gasteiger partial charge on any atom is 0.139 e. The lowest BCUT2D eigenvalue weighted by Gasteiger charge is -2.24. The van der Waals surface area contributed by atoms with Crippen LogP contribution in [0.25, 0.3) is 0 Å². The van der Waals surface area contributed by atoms with E-state index in [1.807, 2.05) is 0 Å². The van der Waals surface area contributed by atoms with Crippen molar-refractivity contribution in [2.75, 3.05) is 0 Å². The van der Waals surface area contributed by atoms with Gasteiger partial charge in [0.2, 0.25) is 0 Å². The van der Waals surface area contributed by atoms with Gasteiger partial charge < -0.3 is 0 Å². The molecule has 2 aromatic rings. The quantitative estimate of drug-likeness (QED) is 0.584. The van der Waals surface area contributed by atoms with Crippen LogP contribution in [0.4, 0.5) is 0 Å². The Kier molecular flexibility index (Phi) is 8.14. The lowest BCUT2D eigenvalue weighted by Crippen LogP contribution is -2.27. The zero-order chi connectivity index (χ0) is 18.7. The van der Waals surface area contributed by atoms with Crippen LogP contribution >= 0.6 is 0 Å². The van der Waals surface area contributed by atoms with Gasteiger partial charge in [0.25, 0.3) is 0 Å². The summed E-state index contributed by atoms with van der Waals surface area (Å²) in [6, 6.07) is 21.2. The van der Waals surface area contributed by atoms with Gasteiger partial charge in [0.1, 0.15) is 5.78 Å². The zero-order valence-electron chi connectivity index (χ0n) is 16.6. The smallest absolute Gasteiger partial charge is 0.139 e. The van der Waals surface area contributed by atoms with Gasteiger partial charge in [-0.25, -0.2) is 0 Å². The highest BCUT2D eigenvalue weighted by atomic mass is 16.1. The summed E-state index contributed by atoms with van der Waals surface area (Å²) in [5.74, 6) is 0.879. The van der Waals surface area contributed by atoms with Crippen LogP contribution in [0.3, 0.4) is 0 Å². The third kappa shape index (κ3) is 6.65. The lowest BCUT2D eigenvalue weighted by atomic mass is 9.79. The van der Waals surface area contributed by atoms with Gasteiger partial charge in [-0.2, -0.15) is 0 Å². The predicted molar refractivity (Wildman–Crippen MR) is 114 cm³/mol. The van der Waals surface area contributed by atoms with Crippen LogP contribution in [0, 0.1) is 11.8 Å². The summed E-state index contributed by atoms with van der Waals surface area (Å²) in [5, 5.41) is 0. The van der Waals surface area contributed by atoms with Crippen molar-refractivity contribution >= 4 is 5.78 Å². The molecular weight excluding hydrogens is 328 g/mol. The molecular formula is C26H34O. The van der Waals surface area contributed by atoms with Crippen molar-refractivity contribution in [3.05, 3.63) is 71.8 Å². The van der Waals surface area contributed by atoms with Crippen molar-refractivity contribution in [1.29, 1.82) is 0 Å². The molecule has 0 saturated heterocycles. The number of carbonyl (C=O) groups is 1. The minimum atomic E-state index is 0.181. The van der Waals surface area contributed by atoms with Crippen LogP contribution in [-0.4, -0.2) is 5.78 Å². The van der Waals surface area contributed by atoms with Crippen molar-refractivity contribution in [2.45, 2.75) is 70.6 Å². The van der Waals surface area contributed by atoms with Crippen molar-refractivity contribution in [1.82, 2.24) is 0 Å². The van der Waals surface area contributed by atoms with E-state index in [0.717, 1.165) is 25.7 Å². The number of carbonyl (C=O) groups excluding carboxylic acids is 1. The molecule has 0 radical (unpaired) electrons. The minimum absolute atomic E-state index is 0.181. The highest BCUT2D eigenvalue weighted by Gasteiger charge is 2.27. The number of benzene rings is 2. The number of Topliss-reactive ketones (excluding diaryl/α,β-unsaturated/α-hetero) is 1. The first-order valence-corrected chi connectivity index (χ1v) is 10.9. The molecule has 1 nitrogen and oxygen atoms in total. The van der Waals surface area contributed by atoms with Gasteiger partial charge in [0, 0.05) is 11.8 Å². The lowest BCUT2D eigenvalue weighted by molar-refractivity contribution is -0.127. The summed E-state index contributed by atoms with van der Waals surface area (Å²) in [6.45, 7) is 0. The molecule has 0 heterocycles. The Morgan fingerprint density at radius 2 is 0.926 bits per heavy atom. The molecule has 1 heteroatoms. The van der Waals surface area contributed by atoms with E-state index in [1.165, 1.54) is 56.1 Å². The van der Waals surface area contributed by atoms with E-state index >= 15 is 0 Å². The summed E-state index contributed by atoms with van der Waals surface area (Å²) < 4.78 is 0. The molecule has 2 aromatic carbocycles. The van der Waals surface area contributed by atoms with E-state index in [1.54, 1.807) is 0 Å². The molecule has 0 aromatic heterocycles. The highest BCUT2D eigenvalue weighted by molar-refractivity contribution is 5.84. The average Bonchev–Trinajstić information content (AvgIpc) is 2.71. The molecule has 1 aliphatic rings. The second-order valence-electron chi connectivity index (χ2n) is 8.23. The van der Waals surface area contributed by atoms with Crippen LogP contribution in [-0.2, 0) is 17.6 Å². The standard InChI is InChI=1S/C26H34O/c27-26-24(20-22-14-8-6-9-15-22)18-12-4-2-1-3-5-13-19-25(26)21-23-16-10-7-11-17-23/h6-11,14-17,24-25H,1-5,12-13,18-21H2. The van der Waals surface area contributed by atoms with Gasteiger partial charge in [0.05, 0.1) is 0 Å². The SMILES string of the molecule is O=C1C(Cc2ccccc2)CCCCCCCCCC1Cc1ccccc1. The maximum absolute atomic E-state index is 13.6. The number of hydrogen-bond donors (Lipinski definition) is 0. The molecule has 3 rings (SSSR count). The Hall–Kier alpha value is -1.89. The third-order valence-electron chi connectivity index (χ3n) is 6.06. The Bertz CT molecular complexity index is 604. The van der Waals surface area contributed by atoms with E-state index in [0.29, 0.717) is 5.78 Å². The summed E-state index contributed by atoms with van der Waals surface area (Å²) in [5.41, 5.74) is 2.61. The van der Waals surface area contributed by atoms with Gasteiger partial charge in [-0.05, 0) is 36.8 Å². The highest BCUT2D eigenvalue weighted by Crippen LogP contribution is 2.27. The minimum Gasteiger partial charge on any atom is -0.299 e. The van der Waals surface area contributed by atoms with Gasteiger partial charge in [-0.1, -0.05) is 106 Å². The fourth-order valence-corrected chi connectivity index (χ4v) is 4.49. The Morgan fingerprint density at radius 1 is 0.556 bits per heavy atom. The predicted octanol–water partition coefficient (Wildman–Crippen LogP) is 6.80. The number of ketones is 1. The average molecular weight is 363 g/mol. The number of rotatable bonds is 4. The largest absolute Gasteiger partial charge is 0.299 e. The van der Waals surface area contributed by atoms with Gasteiger partial charge in [-0.3, -0.25) is 4.79 Å². The molecule has 2 atom stereocenters. The third-order valence-corrected chi connectivity index (χ3v) is 6.06. The van der Waals surface area contributed by atoms with Crippen LogP contribution in [0.1, 0.15) is 68.9 Å². The van der Waals surface area contributed by atoms with Gasteiger partial charge in [0.15, 0.2) is 0 Å². The zero-order valence-corrected chi connectivity index (χ0v) is 16.6. The van der Waals surface area contributed by atoms with Crippen LogP contribution in [0.5, 0.6) is 0 Å². The molecule has 1 saturated carbocycles. The first-order chi connectivity index (χ1) is 13.3. The van der Waals surface area contributed by atoms with E-state index in [9.17, 15) is 4.79 Å².